The second-order valence-corrected chi connectivity index (χ2v) is 6.15. The van der Waals surface area contributed by atoms with E-state index < -0.39 is 0 Å². The second kappa shape index (κ2) is 6.89. The van der Waals surface area contributed by atoms with E-state index in [0.29, 0.717) is 12.2 Å². The number of hydrogen-bond acceptors (Lipinski definition) is 2. The van der Waals surface area contributed by atoms with E-state index in [4.69, 9.17) is 4.74 Å². The smallest absolute Gasteiger partial charge is 0.338 e. The molecule has 1 heterocycles. The van der Waals surface area contributed by atoms with Gasteiger partial charge in [-0.2, -0.15) is 0 Å². The molecular weight excluding hydrogens is 322 g/mol. The first-order valence-electron chi connectivity index (χ1n) is 8.70. The van der Waals surface area contributed by atoms with Crippen LogP contribution in [0.15, 0.2) is 78.9 Å². The maximum absolute atomic E-state index is 11.8. The first kappa shape index (κ1) is 16.2. The second-order valence-electron chi connectivity index (χ2n) is 6.15. The Morgan fingerprint density at radius 2 is 1.58 bits per heavy atom. The van der Waals surface area contributed by atoms with E-state index in [1.54, 1.807) is 19.1 Å². The van der Waals surface area contributed by atoms with Crippen LogP contribution >= 0.6 is 0 Å². The summed E-state index contributed by atoms with van der Waals surface area (Å²) in [6.45, 7) is 2.19. The van der Waals surface area contributed by atoms with Gasteiger partial charge in [-0.05, 0) is 53.9 Å². The van der Waals surface area contributed by atoms with E-state index in [0.717, 1.165) is 22.2 Å². The minimum absolute atomic E-state index is 0.289. The van der Waals surface area contributed by atoms with Crippen molar-refractivity contribution >= 4 is 16.9 Å². The highest BCUT2D eigenvalue weighted by atomic mass is 16.5. The predicted molar refractivity (Wildman–Crippen MR) is 105 cm³/mol. The molecular formula is C23H19NO2. The lowest BCUT2D eigenvalue weighted by Crippen LogP contribution is -2.03. The molecule has 1 aromatic heterocycles. The monoisotopic (exact) mass is 341 g/mol. The van der Waals surface area contributed by atoms with Gasteiger partial charge in [0.1, 0.15) is 0 Å². The highest BCUT2D eigenvalue weighted by molar-refractivity contribution is 5.92. The number of H-pyrrole nitrogens is 1. The highest BCUT2D eigenvalue weighted by Gasteiger charge is 2.08. The van der Waals surface area contributed by atoms with Crippen LogP contribution in [0.1, 0.15) is 17.3 Å². The van der Waals surface area contributed by atoms with E-state index >= 15 is 0 Å². The minimum atomic E-state index is -0.289. The van der Waals surface area contributed by atoms with Crippen LogP contribution < -0.4 is 0 Å². The maximum Gasteiger partial charge on any atom is 0.338 e. The van der Waals surface area contributed by atoms with Crippen LogP contribution in [-0.2, 0) is 4.74 Å². The molecule has 0 bridgehead atoms. The number of nitrogens with one attached hydrogen (secondary N) is 1. The number of carbonyl (C=O) groups is 1. The van der Waals surface area contributed by atoms with E-state index in [1.807, 2.05) is 30.3 Å². The number of rotatable bonds is 4. The predicted octanol–water partition coefficient (Wildman–Crippen LogP) is 5.68. The van der Waals surface area contributed by atoms with Crippen LogP contribution in [0.5, 0.6) is 0 Å². The Kier molecular flexibility index (Phi) is 4.28. The Morgan fingerprint density at radius 3 is 2.31 bits per heavy atom. The van der Waals surface area contributed by atoms with Gasteiger partial charge >= 0.3 is 5.97 Å². The van der Waals surface area contributed by atoms with Crippen LogP contribution in [0.4, 0.5) is 0 Å². The molecule has 4 rings (SSSR count). The lowest BCUT2D eigenvalue weighted by atomic mass is 10.0. The molecule has 0 aliphatic carbocycles. The van der Waals surface area contributed by atoms with Gasteiger partial charge in [0.15, 0.2) is 0 Å². The third-order valence-electron chi connectivity index (χ3n) is 4.43. The lowest BCUT2D eigenvalue weighted by molar-refractivity contribution is 0.0526. The number of esters is 1. The quantitative estimate of drug-likeness (QED) is 0.485. The van der Waals surface area contributed by atoms with E-state index in [-0.39, 0.29) is 5.97 Å². The molecule has 3 heteroatoms. The summed E-state index contributed by atoms with van der Waals surface area (Å²) in [6, 6.07) is 26.4. The third kappa shape index (κ3) is 3.11. The van der Waals surface area contributed by atoms with Crippen molar-refractivity contribution in [3.63, 3.8) is 0 Å². The number of aromatic nitrogens is 1. The minimum Gasteiger partial charge on any atom is -0.462 e. The van der Waals surface area contributed by atoms with Gasteiger partial charge in [0.05, 0.1) is 12.2 Å². The molecule has 0 atom stereocenters. The van der Waals surface area contributed by atoms with Gasteiger partial charge < -0.3 is 9.72 Å². The van der Waals surface area contributed by atoms with Gasteiger partial charge in [0, 0.05) is 16.6 Å². The molecule has 0 fully saturated rings. The van der Waals surface area contributed by atoms with Crippen molar-refractivity contribution in [2.45, 2.75) is 6.92 Å². The Labute approximate surface area is 152 Å². The average molecular weight is 341 g/mol. The summed E-state index contributed by atoms with van der Waals surface area (Å²) in [5.74, 6) is -0.289. The average Bonchev–Trinajstić information content (AvgIpc) is 3.12. The lowest BCUT2D eigenvalue weighted by Gasteiger charge is -2.02. The molecule has 0 aliphatic rings. The molecule has 0 radical (unpaired) electrons. The first-order valence-corrected chi connectivity index (χ1v) is 8.70. The van der Waals surface area contributed by atoms with Crippen molar-refractivity contribution in [3.8, 4) is 22.4 Å². The molecule has 0 saturated heterocycles. The molecule has 0 spiro atoms. The van der Waals surface area contributed by atoms with Crippen LogP contribution in [0, 0.1) is 0 Å². The number of fused-ring (bicyclic) bond motifs is 1. The van der Waals surface area contributed by atoms with Crippen LogP contribution in [0.25, 0.3) is 33.3 Å². The summed E-state index contributed by atoms with van der Waals surface area (Å²) in [6.07, 6.45) is 0. The van der Waals surface area contributed by atoms with Crippen LogP contribution in [0.2, 0.25) is 0 Å². The molecule has 3 nitrogen and oxygen atoms in total. The van der Waals surface area contributed by atoms with Crippen molar-refractivity contribution in [3.05, 3.63) is 84.4 Å². The fraction of sp³-hybridized carbons (Fsp3) is 0.0870. The van der Waals surface area contributed by atoms with E-state index in [1.165, 1.54) is 11.1 Å². The molecule has 4 aromatic rings. The van der Waals surface area contributed by atoms with Crippen molar-refractivity contribution < 1.29 is 9.53 Å². The molecule has 0 amide bonds. The normalized spacial score (nSPS) is 10.8. The summed E-state index contributed by atoms with van der Waals surface area (Å²) < 4.78 is 5.03. The molecule has 0 aliphatic heterocycles. The third-order valence-corrected chi connectivity index (χ3v) is 4.43. The Balaban J connectivity index is 1.66. The summed E-state index contributed by atoms with van der Waals surface area (Å²) in [7, 11) is 0. The number of ether oxygens (including phenoxy) is 1. The summed E-state index contributed by atoms with van der Waals surface area (Å²) in [5.41, 5.74) is 6.13. The van der Waals surface area contributed by atoms with Gasteiger partial charge in [-0.1, -0.05) is 48.5 Å². The fourth-order valence-electron chi connectivity index (χ4n) is 3.10. The Morgan fingerprint density at radius 1 is 0.846 bits per heavy atom. The Hall–Kier alpha value is -3.33. The first-order chi connectivity index (χ1) is 12.7. The zero-order chi connectivity index (χ0) is 17.9. The molecule has 1 N–H and O–H groups in total. The van der Waals surface area contributed by atoms with Gasteiger partial charge in [0.25, 0.3) is 0 Å². The SMILES string of the molecule is CCOC(=O)c1ccc(-c2cc3cc(-c4ccccc4)ccc3[nH]2)cc1. The fourth-order valence-corrected chi connectivity index (χ4v) is 3.10. The zero-order valence-corrected chi connectivity index (χ0v) is 14.5. The molecule has 0 unspecified atom stereocenters. The van der Waals surface area contributed by atoms with E-state index in [9.17, 15) is 4.79 Å². The van der Waals surface area contributed by atoms with Crippen molar-refractivity contribution in [1.82, 2.24) is 4.98 Å². The molecule has 0 saturated carbocycles. The number of benzene rings is 3. The molecule has 26 heavy (non-hydrogen) atoms. The van der Waals surface area contributed by atoms with Gasteiger partial charge in [-0.3, -0.25) is 0 Å². The standard InChI is InChI=1S/C23H19NO2/c1-2-26-23(25)18-10-8-17(9-11-18)22-15-20-14-19(12-13-21(20)24-22)16-6-4-3-5-7-16/h3-15,24H,2H2,1H3. The highest BCUT2D eigenvalue weighted by Crippen LogP contribution is 2.28. The molecule has 128 valence electrons. The van der Waals surface area contributed by atoms with Gasteiger partial charge in [-0.25, -0.2) is 4.79 Å². The van der Waals surface area contributed by atoms with Crippen molar-refractivity contribution in [2.75, 3.05) is 6.61 Å². The number of carbonyl (C=O) groups excluding carboxylic acids is 1. The number of aromatic amines is 1. The van der Waals surface area contributed by atoms with Crippen LogP contribution in [0.3, 0.4) is 0 Å². The van der Waals surface area contributed by atoms with E-state index in [2.05, 4.69) is 41.4 Å². The summed E-state index contributed by atoms with van der Waals surface area (Å²) >= 11 is 0. The van der Waals surface area contributed by atoms with Gasteiger partial charge in [-0.15, -0.1) is 0 Å². The van der Waals surface area contributed by atoms with Crippen molar-refractivity contribution in [1.29, 1.82) is 0 Å². The Bertz CT molecular complexity index is 1050. The molecule has 3 aromatic carbocycles. The van der Waals surface area contributed by atoms with Gasteiger partial charge in [0.2, 0.25) is 0 Å². The largest absolute Gasteiger partial charge is 0.462 e. The maximum atomic E-state index is 11.8. The van der Waals surface area contributed by atoms with Crippen molar-refractivity contribution in [2.24, 2.45) is 0 Å². The summed E-state index contributed by atoms with van der Waals surface area (Å²) in [5, 5.41) is 1.16. The topological polar surface area (TPSA) is 42.1 Å². The summed E-state index contributed by atoms with van der Waals surface area (Å²) in [4.78, 5) is 15.2. The van der Waals surface area contributed by atoms with Crippen LogP contribution in [-0.4, -0.2) is 17.6 Å². The number of hydrogen-bond donors (Lipinski definition) is 1. The zero-order valence-electron chi connectivity index (χ0n) is 14.5.